The van der Waals surface area contributed by atoms with Crippen LogP contribution in [0.2, 0.25) is 0 Å². The summed E-state index contributed by atoms with van der Waals surface area (Å²) in [6.45, 7) is 4.12. The van der Waals surface area contributed by atoms with Crippen molar-refractivity contribution in [3.05, 3.63) is 78.1 Å². The molecule has 0 saturated heterocycles. The van der Waals surface area contributed by atoms with Crippen LogP contribution < -0.4 is 5.32 Å². The second kappa shape index (κ2) is 7.08. The maximum absolute atomic E-state index is 12.1. The number of pyridine rings is 1. The molecule has 0 aliphatic carbocycles. The zero-order chi connectivity index (χ0) is 16.9. The number of nitrogens with one attached hydrogen (secondary N) is 1. The molecule has 1 atom stereocenters. The fraction of sp³-hybridized carbons (Fsp3) is 0.211. The van der Waals surface area contributed by atoms with E-state index in [4.69, 9.17) is 0 Å². The molecule has 5 heteroatoms. The highest BCUT2D eigenvalue weighted by Crippen LogP contribution is 2.21. The molecule has 3 aromatic rings. The predicted octanol–water partition coefficient (Wildman–Crippen LogP) is 3.38. The number of amides is 1. The van der Waals surface area contributed by atoms with Crippen LogP contribution in [-0.4, -0.2) is 20.4 Å². The molecule has 24 heavy (non-hydrogen) atoms. The Balaban J connectivity index is 1.64. The number of carbonyl (C=O) groups is 1. The first-order chi connectivity index (χ1) is 11.6. The van der Waals surface area contributed by atoms with Crippen LogP contribution in [-0.2, 0) is 11.2 Å². The first kappa shape index (κ1) is 15.9. The number of nitrogens with zero attached hydrogens (tertiary/aromatic N) is 3. The van der Waals surface area contributed by atoms with E-state index in [0.29, 0.717) is 6.42 Å². The molecule has 1 N–H and O–H groups in total. The van der Waals surface area contributed by atoms with E-state index in [2.05, 4.69) is 26.8 Å². The van der Waals surface area contributed by atoms with Gasteiger partial charge in [-0.3, -0.25) is 9.78 Å². The van der Waals surface area contributed by atoms with E-state index in [1.54, 1.807) is 18.6 Å². The van der Waals surface area contributed by atoms with Gasteiger partial charge in [-0.1, -0.05) is 18.2 Å². The van der Waals surface area contributed by atoms with Gasteiger partial charge in [0.2, 0.25) is 5.91 Å². The van der Waals surface area contributed by atoms with E-state index in [0.717, 1.165) is 17.1 Å². The molecule has 0 bridgehead atoms. The van der Waals surface area contributed by atoms with Crippen molar-refractivity contribution in [2.45, 2.75) is 26.3 Å². The molecule has 0 aliphatic rings. The molecule has 1 amide bonds. The summed E-state index contributed by atoms with van der Waals surface area (Å²) in [5.41, 5.74) is 2.86. The van der Waals surface area contributed by atoms with Gasteiger partial charge in [-0.15, -0.1) is 0 Å². The van der Waals surface area contributed by atoms with Gasteiger partial charge in [0.1, 0.15) is 5.82 Å². The molecule has 1 aromatic carbocycles. The Labute approximate surface area is 141 Å². The summed E-state index contributed by atoms with van der Waals surface area (Å²) in [5, 5.41) is 2.92. The number of carbonyl (C=O) groups excluding carboxylic acids is 1. The summed E-state index contributed by atoms with van der Waals surface area (Å²) in [6.07, 6.45) is 7.50. The molecular formula is C19H20N4O. The standard InChI is InChI=1S/C19H20N4O/c1-14(23-11-10-21-15(23)2)17-5-7-18(8-6-17)22-19(24)12-16-4-3-9-20-13-16/h3-11,13-14H,12H2,1-2H3,(H,22,24)/t14-/m1/s1. The lowest BCUT2D eigenvalue weighted by Crippen LogP contribution is -2.14. The number of hydrogen-bond donors (Lipinski definition) is 1. The van der Waals surface area contributed by atoms with Crippen molar-refractivity contribution < 1.29 is 4.79 Å². The normalized spacial score (nSPS) is 11.9. The van der Waals surface area contributed by atoms with Crippen LogP contribution >= 0.6 is 0 Å². The smallest absolute Gasteiger partial charge is 0.228 e. The van der Waals surface area contributed by atoms with E-state index in [-0.39, 0.29) is 11.9 Å². The zero-order valence-corrected chi connectivity index (χ0v) is 13.8. The molecular weight excluding hydrogens is 300 g/mol. The molecule has 3 rings (SSSR count). The van der Waals surface area contributed by atoms with Gasteiger partial charge >= 0.3 is 0 Å². The topological polar surface area (TPSA) is 59.8 Å². The lowest BCUT2D eigenvalue weighted by atomic mass is 10.1. The molecule has 0 saturated carbocycles. The van der Waals surface area contributed by atoms with Crippen LogP contribution in [0.4, 0.5) is 5.69 Å². The van der Waals surface area contributed by atoms with Crippen LogP contribution in [0.15, 0.2) is 61.2 Å². The van der Waals surface area contributed by atoms with Crippen molar-refractivity contribution >= 4 is 11.6 Å². The van der Waals surface area contributed by atoms with Crippen molar-refractivity contribution in [3.63, 3.8) is 0 Å². The fourth-order valence-corrected chi connectivity index (χ4v) is 2.70. The molecule has 0 fully saturated rings. The van der Waals surface area contributed by atoms with Gasteiger partial charge in [0.15, 0.2) is 0 Å². The van der Waals surface area contributed by atoms with Crippen molar-refractivity contribution in [1.29, 1.82) is 0 Å². The Morgan fingerprint density at radius 3 is 2.62 bits per heavy atom. The minimum absolute atomic E-state index is 0.0470. The van der Waals surface area contributed by atoms with Crippen LogP contribution in [0.1, 0.15) is 29.9 Å². The number of anilines is 1. The quantitative estimate of drug-likeness (QED) is 0.784. The maximum Gasteiger partial charge on any atom is 0.228 e. The SMILES string of the molecule is Cc1nccn1[C@H](C)c1ccc(NC(=O)Cc2cccnc2)cc1. The third kappa shape index (κ3) is 3.68. The summed E-state index contributed by atoms with van der Waals surface area (Å²) in [6, 6.07) is 11.8. The number of rotatable bonds is 5. The lowest BCUT2D eigenvalue weighted by molar-refractivity contribution is -0.115. The van der Waals surface area contributed by atoms with Crippen LogP contribution in [0.25, 0.3) is 0 Å². The fourth-order valence-electron chi connectivity index (χ4n) is 2.70. The lowest BCUT2D eigenvalue weighted by Gasteiger charge is -2.16. The first-order valence-electron chi connectivity index (χ1n) is 7.91. The maximum atomic E-state index is 12.1. The first-order valence-corrected chi connectivity index (χ1v) is 7.91. The number of aromatic nitrogens is 3. The molecule has 0 spiro atoms. The highest BCUT2D eigenvalue weighted by atomic mass is 16.1. The summed E-state index contributed by atoms with van der Waals surface area (Å²) in [7, 11) is 0. The molecule has 5 nitrogen and oxygen atoms in total. The number of aryl methyl sites for hydroxylation is 1. The van der Waals surface area contributed by atoms with Crippen molar-refractivity contribution in [1.82, 2.24) is 14.5 Å². The van der Waals surface area contributed by atoms with Crippen molar-refractivity contribution in [3.8, 4) is 0 Å². The number of benzene rings is 1. The van der Waals surface area contributed by atoms with Crippen molar-refractivity contribution in [2.24, 2.45) is 0 Å². The van der Waals surface area contributed by atoms with Gasteiger partial charge in [-0.05, 0) is 43.2 Å². The van der Waals surface area contributed by atoms with E-state index in [9.17, 15) is 4.79 Å². The second-order valence-corrected chi connectivity index (χ2v) is 5.77. The van der Waals surface area contributed by atoms with Crippen LogP contribution in [0, 0.1) is 6.92 Å². The summed E-state index contributed by atoms with van der Waals surface area (Å²) in [4.78, 5) is 20.4. The average Bonchev–Trinajstić information content (AvgIpc) is 3.02. The predicted molar refractivity (Wildman–Crippen MR) is 93.8 cm³/mol. The number of hydrogen-bond acceptors (Lipinski definition) is 3. The minimum Gasteiger partial charge on any atom is -0.328 e. The highest BCUT2D eigenvalue weighted by molar-refractivity contribution is 5.92. The molecule has 0 aliphatic heterocycles. The zero-order valence-electron chi connectivity index (χ0n) is 13.8. The third-order valence-corrected chi connectivity index (χ3v) is 4.04. The summed E-state index contributed by atoms with van der Waals surface area (Å²) in [5.74, 6) is 0.936. The Bertz CT molecular complexity index is 809. The van der Waals surface area contributed by atoms with Gasteiger partial charge < -0.3 is 9.88 Å². The monoisotopic (exact) mass is 320 g/mol. The largest absolute Gasteiger partial charge is 0.328 e. The Kier molecular flexibility index (Phi) is 4.70. The highest BCUT2D eigenvalue weighted by Gasteiger charge is 2.10. The van der Waals surface area contributed by atoms with Crippen LogP contribution in [0.5, 0.6) is 0 Å². The Morgan fingerprint density at radius 2 is 2.00 bits per heavy atom. The molecule has 0 unspecified atom stereocenters. The summed E-state index contributed by atoms with van der Waals surface area (Å²) >= 11 is 0. The molecule has 0 radical (unpaired) electrons. The molecule has 122 valence electrons. The summed E-state index contributed by atoms with van der Waals surface area (Å²) < 4.78 is 2.12. The Morgan fingerprint density at radius 1 is 1.21 bits per heavy atom. The second-order valence-electron chi connectivity index (χ2n) is 5.77. The van der Waals surface area contributed by atoms with Crippen LogP contribution in [0.3, 0.4) is 0 Å². The van der Waals surface area contributed by atoms with E-state index >= 15 is 0 Å². The third-order valence-electron chi connectivity index (χ3n) is 4.04. The van der Waals surface area contributed by atoms with Gasteiger partial charge in [-0.2, -0.15) is 0 Å². The van der Waals surface area contributed by atoms with Crippen molar-refractivity contribution in [2.75, 3.05) is 5.32 Å². The minimum atomic E-state index is -0.0470. The molecule has 2 heterocycles. The Hall–Kier alpha value is -2.95. The number of imidazole rings is 1. The van der Waals surface area contributed by atoms with Gasteiger partial charge in [0.05, 0.1) is 12.5 Å². The van der Waals surface area contributed by atoms with E-state index in [1.807, 2.05) is 49.5 Å². The molecule has 2 aromatic heterocycles. The van der Waals surface area contributed by atoms with Gasteiger partial charge in [0, 0.05) is 30.5 Å². The van der Waals surface area contributed by atoms with Gasteiger partial charge in [-0.25, -0.2) is 4.98 Å². The average molecular weight is 320 g/mol. The van der Waals surface area contributed by atoms with E-state index in [1.165, 1.54) is 5.56 Å². The van der Waals surface area contributed by atoms with E-state index < -0.39 is 0 Å². The van der Waals surface area contributed by atoms with Gasteiger partial charge in [0.25, 0.3) is 0 Å².